The van der Waals surface area contributed by atoms with Crippen LogP contribution in [0.4, 0.5) is 0 Å². The van der Waals surface area contributed by atoms with Gasteiger partial charge in [0, 0.05) is 24.0 Å². The molecule has 0 unspecified atom stereocenters. The van der Waals surface area contributed by atoms with E-state index in [4.69, 9.17) is 9.47 Å². The lowest BCUT2D eigenvalue weighted by molar-refractivity contribution is -0.693. The molecule has 2 atom stereocenters. The Hall–Kier alpha value is -1.84. The molecule has 3 rings (SSSR count). The van der Waals surface area contributed by atoms with Gasteiger partial charge in [0.25, 0.3) is 0 Å². The van der Waals surface area contributed by atoms with Crippen LogP contribution < -0.4 is 10.1 Å². The van der Waals surface area contributed by atoms with Crippen LogP contribution >= 0.6 is 0 Å². The third-order valence-corrected chi connectivity index (χ3v) is 6.01. The van der Waals surface area contributed by atoms with E-state index in [1.165, 1.54) is 17.5 Å². The average Bonchev–Trinajstić information content (AvgIpc) is 2.68. The fraction of sp³-hybridized carbons (Fsp3) is 0.500. The molecule has 1 fully saturated rings. The van der Waals surface area contributed by atoms with Crippen LogP contribution in [0.5, 0.6) is 5.75 Å². The molecule has 0 saturated carbocycles. The van der Waals surface area contributed by atoms with E-state index in [1.807, 2.05) is 12.1 Å². The molecule has 1 heterocycles. The summed E-state index contributed by atoms with van der Waals surface area (Å²) in [6, 6.07) is 19.9. The van der Waals surface area contributed by atoms with Gasteiger partial charge in [-0.3, -0.25) is 0 Å². The normalized spacial score (nSPS) is 23.0. The molecule has 1 aliphatic rings. The third-order valence-electron chi connectivity index (χ3n) is 6.01. The molecule has 2 aromatic rings. The molecule has 2 aromatic carbocycles. The first-order valence-corrected chi connectivity index (χ1v) is 10.1. The maximum absolute atomic E-state index is 6.04. The number of methoxy groups -OCH3 is 1. The van der Waals surface area contributed by atoms with Gasteiger partial charge >= 0.3 is 0 Å². The van der Waals surface area contributed by atoms with Gasteiger partial charge < -0.3 is 14.8 Å². The number of hydrogen-bond donors (Lipinski definition) is 1. The van der Waals surface area contributed by atoms with Crippen LogP contribution in [0.15, 0.2) is 54.6 Å². The summed E-state index contributed by atoms with van der Waals surface area (Å²) in [5.41, 5.74) is 2.96. The van der Waals surface area contributed by atoms with E-state index in [-0.39, 0.29) is 11.0 Å². The van der Waals surface area contributed by atoms with E-state index >= 15 is 0 Å². The van der Waals surface area contributed by atoms with Crippen molar-refractivity contribution in [3.8, 4) is 5.75 Å². The predicted molar refractivity (Wildman–Crippen MR) is 110 cm³/mol. The van der Waals surface area contributed by atoms with Crippen molar-refractivity contribution in [3.05, 3.63) is 65.7 Å². The molecule has 0 spiro atoms. The SMILES string of the molecule is COc1ccc([C@@H](C)[NH2+]CC[C@]2(c3ccccc3)CCOC(C)(C)C2)cc1. The highest BCUT2D eigenvalue weighted by Gasteiger charge is 2.42. The summed E-state index contributed by atoms with van der Waals surface area (Å²) in [6.07, 6.45) is 3.35. The minimum Gasteiger partial charge on any atom is -0.497 e. The molecule has 1 saturated heterocycles. The second kappa shape index (κ2) is 8.45. The predicted octanol–water partition coefficient (Wildman–Crippen LogP) is 4.24. The first-order valence-electron chi connectivity index (χ1n) is 10.1. The van der Waals surface area contributed by atoms with Crippen molar-refractivity contribution in [1.82, 2.24) is 0 Å². The van der Waals surface area contributed by atoms with E-state index < -0.39 is 0 Å². The van der Waals surface area contributed by atoms with Crippen molar-refractivity contribution in [2.24, 2.45) is 0 Å². The number of rotatable bonds is 7. The summed E-state index contributed by atoms with van der Waals surface area (Å²) in [5, 5.41) is 2.47. The van der Waals surface area contributed by atoms with Crippen molar-refractivity contribution < 1.29 is 14.8 Å². The molecule has 0 aromatic heterocycles. The maximum atomic E-state index is 6.04. The molecule has 3 nitrogen and oxygen atoms in total. The van der Waals surface area contributed by atoms with E-state index in [9.17, 15) is 0 Å². The van der Waals surface area contributed by atoms with Gasteiger partial charge in [-0.25, -0.2) is 0 Å². The van der Waals surface area contributed by atoms with Crippen LogP contribution in [0.1, 0.15) is 57.2 Å². The molecule has 0 amide bonds. The van der Waals surface area contributed by atoms with Crippen molar-refractivity contribution >= 4 is 0 Å². The summed E-state index contributed by atoms with van der Waals surface area (Å²) in [4.78, 5) is 0. The Kier molecular flexibility index (Phi) is 6.23. The number of nitrogens with two attached hydrogens (primary N) is 1. The van der Waals surface area contributed by atoms with Gasteiger partial charge in [0.2, 0.25) is 0 Å². The number of quaternary nitrogens is 1. The van der Waals surface area contributed by atoms with Gasteiger partial charge in [0.1, 0.15) is 11.8 Å². The van der Waals surface area contributed by atoms with Crippen molar-refractivity contribution in [1.29, 1.82) is 0 Å². The lowest BCUT2D eigenvalue weighted by atomic mass is 9.67. The Morgan fingerprint density at radius 2 is 1.78 bits per heavy atom. The van der Waals surface area contributed by atoms with Crippen molar-refractivity contribution in [3.63, 3.8) is 0 Å². The second-order valence-corrected chi connectivity index (χ2v) is 8.52. The zero-order chi connectivity index (χ0) is 19.3. The topological polar surface area (TPSA) is 35.1 Å². The average molecular weight is 369 g/mol. The Morgan fingerprint density at radius 1 is 1.07 bits per heavy atom. The molecule has 1 aliphatic heterocycles. The molecule has 0 radical (unpaired) electrons. The van der Waals surface area contributed by atoms with Crippen molar-refractivity contribution in [2.75, 3.05) is 20.3 Å². The van der Waals surface area contributed by atoms with E-state index in [2.05, 4.69) is 68.6 Å². The smallest absolute Gasteiger partial charge is 0.118 e. The second-order valence-electron chi connectivity index (χ2n) is 8.52. The highest BCUT2D eigenvalue weighted by atomic mass is 16.5. The summed E-state index contributed by atoms with van der Waals surface area (Å²) in [6.45, 7) is 8.69. The highest BCUT2D eigenvalue weighted by Crippen LogP contribution is 2.43. The van der Waals surface area contributed by atoms with Gasteiger partial charge in [-0.2, -0.15) is 0 Å². The molecule has 2 N–H and O–H groups in total. The lowest BCUT2D eigenvalue weighted by Gasteiger charge is -2.45. The number of benzene rings is 2. The molecule has 0 aliphatic carbocycles. The zero-order valence-corrected chi connectivity index (χ0v) is 17.2. The Labute approximate surface area is 164 Å². The lowest BCUT2D eigenvalue weighted by Crippen LogP contribution is -2.85. The fourth-order valence-electron chi connectivity index (χ4n) is 4.53. The highest BCUT2D eigenvalue weighted by molar-refractivity contribution is 5.28. The van der Waals surface area contributed by atoms with Crippen LogP contribution in [0.25, 0.3) is 0 Å². The van der Waals surface area contributed by atoms with Crippen LogP contribution in [-0.4, -0.2) is 25.9 Å². The van der Waals surface area contributed by atoms with Crippen LogP contribution in [0.3, 0.4) is 0 Å². The molecular formula is C24H34NO2+. The molecule has 3 heteroatoms. The number of hydrogen-bond acceptors (Lipinski definition) is 2. The minimum atomic E-state index is -0.0598. The third kappa shape index (κ3) is 4.91. The standard InChI is InChI=1S/C24H33NO2/c1-19(20-10-12-22(26-4)13-11-20)25-16-14-24(21-8-6-5-7-9-21)15-17-27-23(2,3)18-24/h5-13,19,25H,14-18H2,1-4H3/p+1/t19-,24+/m1/s1. The fourth-order valence-corrected chi connectivity index (χ4v) is 4.53. The zero-order valence-electron chi connectivity index (χ0n) is 17.2. The maximum Gasteiger partial charge on any atom is 0.118 e. The first kappa shape index (κ1) is 19.9. The van der Waals surface area contributed by atoms with Crippen molar-refractivity contribution in [2.45, 2.75) is 57.1 Å². The first-order chi connectivity index (χ1) is 12.9. The van der Waals surface area contributed by atoms with E-state index in [0.29, 0.717) is 6.04 Å². The molecule has 27 heavy (non-hydrogen) atoms. The largest absolute Gasteiger partial charge is 0.497 e. The summed E-state index contributed by atoms with van der Waals surface area (Å²) in [7, 11) is 1.71. The molecular weight excluding hydrogens is 334 g/mol. The van der Waals surface area contributed by atoms with Gasteiger partial charge in [-0.15, -0.1) is 0 Å². The van der Waals surface area contributed by atoms with Gasteiger partial charge in [0.05, 0.1) is 19.3 Å². The monoisotopic (exact) mass is 368 g/mol. The number of ether oxygens (including phenoxy) is 2. The minimum absolute atomic E-state index is 0.0598. The Bertz CT molecular complexity index is 711. The quantitative estimate of drug-likeness (QED) is 0.793. The van der Waals surface area contributed by atoms with Gasteiger partial charge in [-0.1, -0.05) is 30.3 Å². The van der Waals surface area contributed by atoms with Crippen LogP contribution in [-0.2, 0) is 10.2 Å². The van der Waals surface area contributed by atoms with Crippen LogP contribution in [0.2, 0.25) is 0 Å². The Morgan fingerprint density at radius 3 is 2.41 bits per heavy atom. The van der Waals surface area contributed by atoms with Gasteiger partial charge in [0.15, 0.2) is 0 Å². The summed E-state index contributed by atoms with van der Waals surface area (Å²) in [5.74, 6) is 0.915. The van der Waals surface area contributed by atoms with Crippen LogP contribution in [0, 0.1) is 0 Å². The Balaban J connectivity index is 1.68. The van der Waals surface area contributed by atoms with Gasteiger partial charge in [-0.05, 0) is 63.4 Å². The summed E-state index contributed by atoms with van der Waals surface area (Å²) < 4.78 is 11.3. The van der Waals surface area contributed by atoms with E-state index in [0.717, 1.165) is 31.7 Å². The molecule has 0 bridgehead atoms. The molecule has 146 valence electrons. The summed E-state index contributed by atoms with van der Waals surface area (Å²) >= 11 is 0. The van der Waals surface area contributed by atoms with E-state index in [1.54, 1.807) is 7.11 Å².